The van der Waals surface area contributed by atoms with E-state index in [2.05, 4.69) is 22.4 Å². The third-order valence-electron chi connectivity index (χ3n) is 6.35. The SMILES string of the molecule is C[C@@H]1CCc2c(sc3ncn([C@H](C)C(=O)N/N=C/c4c(O)ccc5ccccc45)c(=O)c23)C1. The van der Waals surface area contributed by atoms with Crippen LogP contribution in [-0.4, -0.2) is 26.8 Å². The number of phenolic OH excluding ortho intramolecular Hbond substituents is 1. The van der Waals surface area contributed by atoms with Crippen molar-refractivity contribution in [1.82, 2.24) is 15.0 Å². The lowest BCUT2D eigenvalue weighted by Crippen LogP contribution is -2.34. The van der Waals surface area contributed by atoms with Crippen molar-refractivity contribution in [3.63, 3.8) is 0 Å². The van der Waals surface area contributed by atoms with Crippen LogP contribution in [0.2, 0.25) is 0 Å². The van der Waals surface area contributed by atoms with Gasteiger partial charge in [-0.05, 0) is 54.5 Å². The van der Waals surface area contributed by atoms with Crippen LogP contribution in [0.4, 0.5) is 0 Å². The zero-order valence-electron chi connectivity index (χ0n) is 18.4. The molecule has 168 valence electrons. The lowest BCUT2D eigenvalue weighted by atomic mass is 9.89. The number of carbonyl (C=O) groups is 1. The number of amides is 1. The molecule has 2 atom stereocenters. The molecule has 0 bridgehead atoms. The Morgan fingerprint density at radius 3 is 3.00 bits per heavy atom. The van der Waals surface area contributed by atoms with Crippen LogP contribution < -0.4 is 11.0 Å². The van der Waals surface area contributed by atoms with Gasteiger partial charge >= 0.3 is 0 Å². The van der Waals surface area contributed by atoms with Gasteiger partial charge in [0.15, 0.2) is 0 Å². The highest BCUT2D eigenvalue weighted by molar-refractivity contribution is 7.18. The van der Waals surface area contributed by atoms with Crippen LogP contribution in [0.1, 0.15) is 42.3 Å². The second-order valence-electron chi connectivity index (χ2n) is 8.62. The first-order valence-corrected chi connectivity index (χ1v) is 11.8. The lowest BCUT2D eigenvalue weighted by Gasteiger charge is -2.18. The average molecular weight is 461 g/mol. The first-order valence-electron chi connectivity index (χ1n) is 11.0. The van der Waals surface area contributed by atoms with Crippen molar-refractivity contribution in [3.05, 3.63) is 69.1 Å². The molecule has 1 amide bonds. The number of aryl methyl sites for hydroxylation is 1. The van der Waals surface area contributed by atoms with Crippen LogP contribution in [0.25, 0.3) is 21.0 Å². The minimum atomic E-state index is -0.786. The molecule has 2 heterocycles. The van der Waals surface area contributed by atoms with Gasteiger partial charge < -0.3 is 5.11 Å². The van der Waals surface area contributed by atoms with Crippen LogP contribution >= 0.6 is 11.3 Å². The summed E-state index contributed by atoms with van der Waals surface area (Å²) in [5.74, 6) is 0.241. The van der Waals surface area contributed by atoms with Gasteiger partial charge in [0.05, 0.1) is 17.9 Å². The first kappa shape index (κ1) is 21.3. The molecule has 1 aliphatic carbocycles. The summed E-state index contributed by atoms with van der Waals surface area (Å²) in [4.78, 5) is 32.5. The number of phenols is 1. The number of fused-ring (bicyclic) bond motifs is 4. The molecule has 4 aromatic rings. The topological polar surface area (TPSA) is 96.6 Å². The van der Waals surface area contributed by atoms with Gasteiger partial charge in [0.1, 0.15) is 16.6 Å². The minimum Gasteiger partial charge on any atom is -0.507 e. The molecular weight excluding hydrogens is 436 g/mol. The molecule has 0 unspecified atom stereocenters. The van der Waals surface area contributed by atoms with E-state index in [-0.39, 0.29) is 11.3 Å². The van der Waals surface area contributed by atoms with Crippen LogP contribution in [0.15, 0.2) is 52.6 Å². The van der Waals surface area contributed by atoms with Gasteiger partial charge in [-0.25, -0.2) is 10.4 Å². The molecule has 33 heavy (non-hydrogen) atoms. The van der Waals surface area contributed by atoms with E-state index in [1.54, 1.807) is 24.3 Å². The van der Waals surface area contributed by atoms with Crippen molar-refractivity contribution in [2.75, 3.05) is 0 Å². The molecule has 0 saturated heterocycles. The summed E-state index contributed by atoms with van der Waals surface area (Å²) in [6.45, 7) is 3.88. The smallest absolute Gasteiger partial charge is 0.263 e. The summed E-state index contributed by atoms with van der Waals surface area (Å²) >= 11 is 1.59. The molecule has 1 aliphatic rings. The Morgan fingerprint density at radius 2 is 2.15 bits per heavy atom. The number of nitrogens with one attached hydrogen (secondary N) is 1. The maximum absolute atomic E-state index is 13.3. The maximum Gasteiger partial charge on any atom is 0.263 e. The molecule has 8 heteroatoms. The number of benzene rings is 2. The van der Waals surface area contributed by atoms with Gasteiger partial charge in [-0.2, -0.15) is 5.10 Å². The molecule has 5 rings (SSSR count). The Balaban J connectivity index is 1.40. The predicted molar refractivity (Wildman–Crippen MR) is 131 cm³/mol. The monoisotopic (exact) mass is 460 g/mol. The van der Waals surface area contributed by atoms with Crippen molar-refractivity contribution in [2.24, 2.45) is 11.0 Å². The molecule has 0 spiro atoms. The normalized spacial score (nSPS) is 16.8. The summed E-state index contributed by atoms with van der Waals surface area (Å²) in [5.41, 5.74) is 3.91. The fourth-order valence-electron chi connectivity index (χ4n) is 4.42. The van der Waals surface area contributed by atoms with Crippen molar-refractivity contribution in [1.29, 1.82) is 0 Å². The van der Waals surface area contributed by atoms with Gasteiger partial charge in [0.25, 0.3) is 11.5 Å². The Morgan fingerprint density at radius 1 is 1.33 bits per heavy atom. The first-order chi connectivity index (χ1) is 15.9. The minimum absolute atomic E-state index is 0.0715. The molecule has 0 saturated carbocycles. The van der Waals surface area contributed by atoms with Gasteiger partial charge in [-0.3, -0.25) is 14.2 Å². The molecule has 2 aromatic heterocycles. The van der Waals surface area contributed by atoms with E-state index in [9.17, 15) is 14.7 Å². The quantitative estimate of drug-likeness (QED) is 0.353. The fourth-order valence-corrected chi connectivity index (χ4v) is 5.76. The number of carbonyl (C=O) groups excluding carboxylic acids is 1. The van der Waals surface area contributed by atoms with E-state index < -0.39 is 11.9 Å². The van der Waals surface area contributed by atoms with Crippen molar-refractivity contribution in [2.45, 2.75) is 39.2 Å². The Hall–Kier alpha value is -3.52. The van der Waals surface area contributed by atoms with Crippen molar-refractivity contribution in [3.8, 4) is 5.75 Å². The van der Waals surface area contributed by atoms with E-state index in [1.165, 1.54) is 22.0 Å². The fraction of sp³-hybridized carbons (Fsp3) is 0.280. The summed E-state index contributed by atoms with van der Waals surface area (Å²) < 4.78 is 1.37. The Bertz CT molecular complexity index is 1470. The molecule has 0 radical (unpaired) electrons. The zero-order valence-corrected chi connectivity index (χ0v) is 19.2. The van der Waals surface area contributed by atoms with Gasteiger partial charge in [-0.15, -0.1) is 11.3 Å². The van der Waals surface area contributed by atoms with Crippen molar-refractivity contribution >= 4 is 44.4 Å². The van der Waals surface area contributed by atoms with Crippen molar-refractivity contribution < 1.29 is 9.90 Å². The molecule has 0 fully saturated rings. The van der Waals surface area contributed by atoms with E-state index >= 15 is 0 Å². The summed E-state index contributed by atoms with van der Waals surface area (Å²) in [6, 6.07) is 10.2. The number of aromatic nitrogens is 2. The molecule has 7 nitrogen and oxygen atoms in total. The predicted octanol–water partition coefficient (Wildman–Crippen LogP) is 4.15. The number of hydrogen-bond acceptors (Lipinski definition) is 6. The van der Waals surface area contributed by atoms with E-state index in [0.29, 0.717) is 16.9 Å². The number of hydrazone groups is 1. The lowest BCUT2D eigenvalue weighted by molar-refractivity contribution is -0.123. The van der Waals surface area contributed by atoms with Crippen LogP contribution in [-0.2, 0) is 17.6 Å². The molecular formula is C25H24N4O3S. The highest BCUT2D eigenvalue weighted by Gasteiger charge is 2.25. The van der Waals surface area contributed by atoms with E-state index in [4.69, 9.17) is 0 Å². The van der Waals surface area contributed by atoms with Crippen LogP contribution in [0, 0.1) is 5.92 Å². The molecule has 0 aliphatic heterocycles. The largest absolute Gasteiger partial charge is 0.507 e. The third-order valence-corrected chi connectivity index (χ3v) is 7.52. The highest BCUT2D eigenvalue weighted by Crippen LogP contribution is 2.35. The number of aromatic hydroxyl groups is 1. The summed E-state index contributed by atoms with van der Waals surface area (Å²) in [6.07, 6.45) is 5.76. The van der Waals surface area contributed by atoms with Gasteiger partial charge in [0, 0.05) is 10.4 Å². The van der Waals surface area contributed by atoms with Crippen LogP contribution in [0.3, 0.4) is 0 Å². The summed E-state index contributed by atoms with van der Waals surface area (Å²) in [5, 5.41) is 16.7. The molecule has 2 aromatic carbocycles. The molecule has 2 N–H and O–H groups in total. The second kappa shape index (κ2) is 8.44. The average Bonchev–Trinajstić information content (AvgIpc) is 3.18. The third kappa shape index (κ3) is 3.80. The zero-order chi connectivity index (χ0) is 23.1. The number of thiophene rings is 1. The van der Waals surface area contributed by atoms with E-state index in [0.717, 1.165) is 40.4 Å². The van der Waals surface area contributed by atoms with Crippen LogP contribution in [0.5, 0.6) is 5.75 Å². The van der Waals surface area contributed by atoms with Gasteiger partial charge in [0.2, 0.25) is 0 Å². The second-order valence-corrected chi connectivity index (χ2v) is 9.70. The Kier molecular flexibility index (Phi) is 5.46. The van der Waals surface area contributed by atoms with E-state index in [1.807, 2.05) is 30.3 Å². The Labute approximate surface area is 194 Å². The standard InChI is InChI=1S/C25H24N4O3S/c1-14-7-9-18-21(11-14)33-24-22(18)25(32)29(13-26-24)15(2)23(31)28-27-12-19-17-6-4-3-5-16(17)8-10-20(19)30/h3-6,8,10,12-15,30H,7,9,11H2,1-2H3,(H,28,31)/b27-12+/t14-,15-/m1/s1. The number of nitrogens with zero attached hydrogens (tertiary/aromatic N) is 3. The summed E-state index contributed by atoms with van der Waals surface area (Å²) in [7, 11) is 0. The number of rotatable bonds is 4. The van der Waals surface area contributed by atoms with Gasteiger partial charge in [-0.1, -0.05) is 37.3 Å². The number of hydrogen-bond donors (Lipinski definition) is 2. The highest BCUT2D eigenvalue weighted by atomic mass is 32.1. The maximum atomic E-state index is 13.3.